The molecule has 0 saturated carbocycles. The molecule has 0 N–H and O–H groups in total. The van der Waals surface area contributed by atoms with Crippen molar-refractivity contribution in [2.45, 2.75) is 26.4 Å². The van der Waals surface area contributed by atoms with Crippen molar-refractivity contribution in [1.29, 1.82) is 0 Å². The summed E-state index contributed by atoms with van der Waals surface area (Å²) in [6, 6.07) is 0. The van der Waals surface area contributed by atoms with Gasteiger partial charge in [-0.15, -0.1) is 0 Å². The highest BCUT2D eigenvalue weighted by Gasteiger charge is 2.13. The minimum Gasteiger partial charge on any atom is -0.457 e. The first-order chi connectivity index (χ1) is 4.45. The largest absolute Gasteiger partial charge is 0.457 e. The number of esters is 1. The fourth-order valence-corrected chi connectivity index (χ4v) is 0.432. The molecular formula is C8H13O2. The van der Waals surface area contributed by atoms with Gasteiger partial charge in [-0.1, -0.05) is 6.08 Å². The van der Waals surface area contributed by atoms with Gasteiger partial charge in [-0.05, 0) is 27.7 Å². The van der Waals surface area contributed by atoms with Gasteiger partial charge in [0, 0.05) is 6.08 Å². The summed E-state index contributed by atoms with van der Waals surface area (Å²) in [5.41, 5.74) is -0.406. The van der Waals surface area contributed by atoms with E-state index >= 15 is 0 Å². The molecule has 0 aliphatic rings. The normalized spacial score (nSPS) is 12.0. The lowest BCUT2D eigenvalue weighted by atomic mass is 10.2. The van der Waals surface area contributed by atoms with Crippen LogP contribution in [0.1, 0.15) is 20.8 Å². The highest BCUT2D eigenvalue weighted by molar-refractivity contribution is 5.82. The Bertz CT molecular complexity index is 140. The second kappa shape index (κ2) is 3.40. The van der Waals surface area contributed by atoms with E-state index in [1.54, 1.807) is 0 Å². The summed E-state index contributed by atoms with van der Waals surface area (Å²) >= 11 is 0. The zero-order valence-electron chi connectivity index (χ0n) is 6.68. The highest BCUT2D eigenvalue weighted by atomic mass is 16.6. The molecule has 0 atom stereocenters. The molecule has 0 amide bonds. The van der Waals surface area contributed by atoms with Gasteiger partial charge in [-0.25, -0.2) is 4.79 Å². The Morgan fingerprint density at radius 2 is 2.00 bits per heavy atom. The number of allylic oxidation sites excluding steroid dienone is 1. The average molecular weight is 141 g/mol. The first-order valence-corrected chi connectivity index (χ1v) is 3.14. The molecule has 0 aliphatic carbocycles. The third kappa shape index (κ3) is 5.35. The van der Waals surface area contributed by atoms with Crippen molar-refractivity contribution in [3.05, 3.63) is 19.1 Å². The Kier molecular flexibility index (Phi) is 3.13. The van der Waals surface area contributed by atoms with E-state index in [1.165, 1.54) is 12.2 Å². The van der Waals surface area contributed by atoms with Crippen LogP contribution >= 0.6 is 0 Å². The molecule has 0 heterocycles. The molecule has 0 rings (SSSR count). The summed E-state index contributed by atoms with van der Waals surface area (Å²) in [5.74, 6) is -0.345. The molecule has 0 aromatic carbocycles. The molecule has 0 saturated heterocycles. The second-order valence-corrected chi connectivity index (χ2v) is 2.94. The predicted octanol–water partition coefficient (Wildman–Crippen LogP) is 1.72. The van der Waals surface area contributed by atoms with Crippen LogP contribution in [0.5, 0.6) is 0 Å². The van der Waals surface area contributed by atoms with Gasteiger partial charge in [0.05, 0.1) is 0 Å². The van der Waals surface area contributed by atoms with Gasteiger partial charge in [0.15, 0.2) is 0 Å². The first kappa shape index (κ1) is 9.21. The molecule has 10 heavy (non-hydrogen) atoms. The van der Waals surface area contributed by atoms with E-state index in [4.69, 9.17) is 4.74 Å². The monoisotopic (exact) mass is 141 g/mol. The maximum absolute atomic E-state index is 10.7. The maximum Gasteiger partial charge on any atom is 0.330 e. The summed E-state index contributed by atoms with van der Waals surface area (Å²) in [7, 11) is 0. The SMILES string of the molecule is [CH2]C=CC(=O)OC(C)(C)C. The molecule has 0 unspecified atom stereocenters. The molecule has 0 aromatic rings. The maximum atomic E-state index is 10.7. The van der Waals surface area contributed by atoms with Crippen LogP contribution < -0.4 is 0 Å². The van der Waals surface area contributed by atoms with Gasteiger partial charge in [0.1, 0.15) is 5.60 Å². The lowest BCUT2D eigenvalue weighted by molar-refractivity contribution is -0.148. The van der Waals surface area contributed by atoms with Crippen molar-refractivity contribution < 1.29 is 9.53 Å². The first-order valence-electron chi connectivity index (χ1n) is 3.14. The van der Waals surface area contributed by atoms with Crippen molar-refractivity contribution in [1.82, 2.24) is 0 Å². The molecule has 0 bridgehead atoms. The summed E-state index contributed by atoms with van der Waals surface area (Å²) in [6.07, 6.45) is 2.71. The Morgan fingerprint density at radius 1 is 1.50 bits per heavy atom. The number of hydrogen-bond acceptors (Lipinski definition) is 2. The van der Waals surface area contributed by atoms with Gasteiger partial charge in [-0.2, -0.15) is 0 Å². The van der Waals surface area contributed by atoms with E-state index in [9.17, 15) is 4.79 Å². The third-order valence-corrected chi connectivity index (χ3v) is 0.661. The summed E-state index contributed by atoms with van der Waals surface area (Å²) in [4.78, 5) is 10.7. The van der Waals surface area contributed by atoms with Crippen molar-refractivity contribution in [2.75, 3.05) is 0 Å². The molecule has 1 radical (unpaired) electrons. The topological polar surface area (TPSA) is 26.3 Å². The molecule has 0 aromatic heterocycles. The molecule has 0 spiro atoms. The number of ether oxygens (including phenoxy) is 1. The van der Waals surface area contributed by atoms with E-state index < -0.39 is 5.60 Å². The number of hydrogen-bond donors (Lipinski definition) is 0. The molecule has 57 valence electrons. The van der Waals surface area contributed by atoms with E-state index in [0.717, 1.165) is 0 Å². The highest BCUT2D eigenvalue weighted by Crippen LogP contribution is 2.06. The zero-order valence-corrected chi connectivity index (χ0v) is 6.68. The van der Waals surface area contributed by atoms with Crippen LogP contribution in [0.3, 0.4) is 0 Å². The molecule has 0 aliphatic heterocycles. The molecular weight excluding hydrogens is 128 g/mol. The molecule has 0 fully saturated rings. The van der Waals surface area contributed by atoms with Crippen LogP contribution in [0.15, 0.2) is 12.2 Å². The summed E-state index contributed by atoms with van der Waals surface area (Å²) < 4.78 is 4.91. The van der Waals surface area contributed by atoms with Crippen molar-refractivity contribution in [2.24, 2.45) is 0 Å². The second-order valence-electron chi connectivity index (χ2n) is 2.94. The van der Waals surface area contributed by atoms with Crippen LogP contribution in [0, 0.1) is 6.92 Å². The van der Waals surface area contributed by atoms with Crippen LogP contribution in [-0.4, -0.2) is 11.6 Å². The fraction of sp³-hybridized carbons (Fsp3) is 0.500. The van der Waals surface area contributed by atoms with Crippen molar-refractivity contribution in [3.63, 3.8) is 0 Å². The lowest BCUT2D eigenvalue weighted by Gasteiger charge is -2.17. The van der Waals surface area contributed by atoms with Gasteiger partial charge >= 0.3 is 5.97 Å². The Hall–Kier alpha value is -0.790. The van der Waals surface area contributed by atoms with Crippen molar-refractivity contribution in [3.8, 4) is 0 Å². The Morgan fingerprint density at radius 3 is 2.30 bits per heavy atom. The summed E-state index contributed by atoms with van der Waals surface area (Å²) in [6.45, 7) is 8.84. The third-order valence-electron chi connectivity index (χ3n) is 0.661. The van der Waals surface area contributed by atoms with Crippen LogP contribution in [0.25, 0.3) is 0 Å². The standard InChI is InChI=1S/C8H13O2/c1-5-6-7(9)10-8(2,3)4/h5-6H,1H2,2-4H3. The lowest BCUT2D eigenvalue weighted by Crippen LogP contribution is -2.22. The van der Waals surface area contributed by atoms with E-state index in [0.29, 0.717) is 0 Å². The minimum atomic E-state index is -0.406. The zero-order chi connectivity index (χ0) is 8.20. The van der Waals surface area contributed by atoms with Crippen LogP contribution in [0.4, 0.5) is 0 Å². The van der Waals surface area contributed by atoms with E-state index in [-0.39, 0.29) is 5.97 Å². The number of carbonyl (C=O) groups excluding carboxylic acids is 1. The van der Waals surface area contributed by atoms with Gasteiger partial charge < -0.3 is 4.74 Å². The van der Waals surface area contributed by atoms with Gasteiger partial charge in [-0.3, -0.25) is 0 Å². The Balaban J connectivity index is 3.81. The fourth-order valence-electron chi connectivity index (χ4n) is 0.432. The molecule has 2 heteroatoms. The van der Waals surface area contributed by atoms with Crippen LogP contribution in [0.2, 0.25) is 0 Å². The number of rotatable bonds is 1. The average Bonchev–Trinajstić information content (AvgIpc) is 1.59. The van der Waals surface area contributed by atoms with E-state index in [1.807, 2.05) is 20.8 Å². The quantitative estimate of drug-likeness (QED) is 0.410. The van der Waals surface area contributed by atoms with E-state index in [2.05, 4.69) is 6.92 Å². The predicted molar refractivity (Wildman–Crippen MR) is 40.3 cm³/mol. The summed E-state index contributed by atoms with van der Waals surface area (Å²) in [5, 5.41) is 0. The smallest absolute Gasteiger partial charge is 0.330 e. The van der Waals surface area contributed by atoms with Gasteiger partial charge in [0.25, 0.3) is 0 Å². The van der Waals surface area contributed by atoms with Crippen LogP contribution in [-0.2, 0) is 9.53 Å². The van der Waals surface area contributed by atoms with Crippen molar-refractivity contribution >= 4 is 5.97 Å². The Labute approximate surface area is 61.9 Å². The van der Waals surface area contributed by atoms with Gasteiger partial charge in [0.2, 0.25) is 0 Å². The molecule has 2 nitrogen and oxygen atoms in total. The minimum absolute atomic E-state index is 0.345. The number of carbonyl (C=O) groups is 1.